The Morgan fingerprint density at radius 3 is 3.06 bits per heavy atom. The molecular weight excluding hydrogens is 208 g/mol. The number of hydrogen-bond acceptors (Lipinski definition) is 1. The molecule has 0 bridgehead atoms. The largest absolute Gasteiger partial charge is 0.358 e. The number of para-hydroxylation sites is 1. The molecule has 0 spiro atoms. The van der Waals surface area contributed by atoms with E-state index in [4.69, 9.17) is 0 Å². The van der Waals surface area contributed by atoms with Crippen molar-refractivity contribution in [2.45, 2.75) is 19.9 Å². The van der Waals surface area contributed by atoms with E-state index in [9.17, 15) is 0 Å². The number of aromatic nitrogens is 1. The predicted octanol–water partition coefficient (Wildman–Crippen LogP) is 3.19. The van der Waals surface area contributed by atoms with Crippen LogP contribution in [0.2, 0.25) is 0 Å². The van der Waals surface area contributed by atoms with Crippen LogP contribution in [0.5, 0.6) is 0 Å². The highest BCUT2D eigenvalue weighted by Crippen LogP contribution is 2.29. The van der Waals surface area contributed by atoms with Crippen molar-refractivity contribution in [2.75, 3.05) is 13.6 Å². The fraction of sp³-hybridized carbons (Fsp3) is 0.333. The third kappa shape index (κ3) is 1.69. The molecule has 0 saturated heterocycles. The van der Waals surface area contributed by atoms with Crippen molar-refractivity contribution in [2.24, 2.45) is 0 Å². The first kappa shape index (κ1) is 10.6. The quantitative estimate of drug-likeness (QED) is 0.791. The highest BCUT2D eigenvalue weighted by Gasteiger charge is 2.18. The van der Waals surface area contributed by atoms with Gasteiger partial charge >= 0.3 is 0 Å². The zero-order valence-electron chi connectivity index (χ0n) is 10.5. The Labute approximate surface area is 102 Å². The van der Waals surface area contributed by atoms with Gasteiger partial charge in [0.25, 0.3) is 0 Å². The van der Waals surface area contributed by atoms with Gasteiger partial charge in [0.1, 0.15) is 0 Å². The molecule has 3 rings (SSSR count). The Balaban J connectivity index is 2.24. The Kier molecular flexibility index (Phi) is 2.52. The third-order valence-corrected chi connectivity index (χ3v) is 3.58. The van der Waals surface area contributed by atoms with Crippen molar-refractivity contribution in [3.05, 3.63) is 41.1 Å². The van der Waals surface area contributed by atoms with E-state index in [1.807, 2.05) is 0 Å². The summed E-state index contributed by atoms with van der Waals surface area (Å²) in [5.41, 5.74) is 5.50. The lowest BCUT2D eigenvalue weighted by Crippen LogP contribution is -2.25. The number of aromatic amines is 1. The molecule has 0 radical (unpaired) electrons. The van der Waals surface area contributed by atoms with Crippen molar-refractivity contribution in [3.8, 4) is 0 Å². The highest BCUT2D eigenvalue weighted by atomic mass is 15.1. The second-order valence-electron chi connectivity index (χ2n) is 4.84. The van der Waals surface area contributed by atoms with Crippen LogP contribution in [0.1, 0.15) is 23.7 Å². The van der Waals surface area contributed by atoms with Gasteiger partial charge in [-0.1, -0.05) is 30.4 Å². The summed E-state index contributed by atoms with van der Waals surface area (Å²) in [6, 6.07) is 6.56. The van der Waals surface area contributed by atoms with Crippen LogP contribution in [-0.4, -0.2) is 23.5 Å². The molecule has 0 atom stereocenters. The normalized spacial score (nSPS) is 16.8. The number of likely N-dealkylation sites (N-methyl/N-ethyl adjacent to an activating group) is 1. The SMILES string of the molecule is C/C=C/c1cccc2c3c([nH]c12)CCN(C)C3. The first-order valence-electron chi connectivity index (χ1n) is 6.23. The summed E-state index contributed by atoms with van der Waals surface area (Å²) in [6.07, 6.45) is 5.41. The summed E-state index contributed by atoms with van der Waals surface area (Å²) in [5.74, 6) is 0. The molecule has 1 aromatic heterocycles. The van der Waals surface area contributed by atoms with Crippen LogP contribution in [0.25, 0.3) is 17.0 Å². The Morgan fingerprint density at radius 2 is 2.24 bits per heavy atom. The number of nitrogens with zero attached hydrogens (tertiary/aromatic N) is 1. The maximum Gasteiger partial charge on any atom is 0.0532 e. The van der Waals surface area contributed by atoms with Crippen LogP contribution >= 0.6 is 0 Å². The first-order chi connectivity index (χ1) is 8.29. The topological polar surface area (TPSA) is 19.0 Å². The minimum atomic E-state index is 1.06. The van der Waals surface area contributed by atoms with E-state index in [-0.39, 0.29) is 0 Å². The number of allylic oxidation sites excluding steroid dienone is 1. The van der Waals surface area contributed by atoms with E-state index >= 15 is 0 Å². The average molecular weight is 226 g/mol. The lowest BCUT2D eigenvalue weighted by molar-refractivity contribution is 0.313. The Hall–Kier alpha value is -1.54. The van der Waals surface area contributed by atoms with Gasteiger partial charge in [-0.2, -0.15) is 0 Å². The van der Waals surface area contributed by atoms with E-state index in [1.54, 1.807) is 0 Å². The van der Waals surface area contributed by atoms with E-state index in [0.29, 0.717) is 0 Å². The molecule has 0 fully saturated rings. The van der Waals surface area contributed by atoms with Crippen molar-refractivity contribution >= 4 is 17.0 Å². The maximum absolute atomic E-state index is 3.61. The van der Waals surface area contributed by atoms with Crippen LogP contribution in [0.3, 0.4) is 0 Å². The Morgan fingerprint density at radius 1 is 1.35 bits per heavy atom. The molecule has 0 amide bonds. The van der Waals surface area contributed by atoms with Crippen molar-refractivity contribution in [3.63, 3.8) is 0 Å². The van der Waals surface area contributed by atoms with Gasteiger partial charge in [-0.05, 0) is 25.1 Å². The molecule has 0 saturated carbocycles. The van der Waals surface area contributed by atoms with E-state index in [2.05, 4.69) is 54.2 Å². The van der Waals surface area contributed by atoms with Gasteiger partial charge in [0, 0.05) is 30.6 Å². The molecule has 2 heteroatoms. The number of benzene rings is 1. The smallest absolute Gasteiger partial charge is 0.0532 e. The van der Waals surface area contributed by atoms with Crippen LogP contribution in [0, 0.1) is 0 Å². The molecule has 2 heterocycles. The van der Waals surface area contributed by atoms with Crippen molar-refractivity contribution in [1.29, 1.82) is 0 Å². The molecule has 0 unspecified atom stereocenters. The molecule has 2 aromatic rings. The lowest BCUT2D eigenvalue weighted by atomic mass is 10.0. The summed E-state index contributed by atoms with van der Waals surface area (Å²) in [5, 5.41) is 1.39. The Bertz CT molecular complexity index is 578. The minimum Gasteiger partial charge on any atom is -0.358 e. The van der Waals surface area contributed by atoms with E-state index in [0.717, 1.165) is 19.5 Å². The average Bonchev–Trinajstić information content (AvgIpc) is 2.69. The molecule has 17 heavy (non-hydrogen) atoms. The fourth-order valence-corrected chi connectivity index (χ4v) is 2.71. The van der Waals surface area contributed by atoms with E-state index in [1.165, 1.54) is 27.7 Å². The predicted molar refractivity (Wildman–Crippen MR) is 73.0 cm³/mol. The summed E-state index contributed by atoms with van der Waals surface area (Å²) in [4.78, 5) is 6.00. The van der Waals surface area contributed by atoms with Crippen LogP contribution in [0.15, 0.2) is 24.3 Å². The van der Waals surface area contributed by atoms with Crippen molar-refractivity contribution < 1.29 is 0 Å². The monoisotopic (exact) mass is 226 g/mol. The zero-order valence-corrected chi connectivity index (χ0v) is 10.5. The number of nitrogens with one attached hydrogen (secondary N) is 1. The molecule has 2 nitrogen and oxygen atoms in total. The molecule has 0 aliphatic carbocycles. The van der Waals surface area contributed by atoms with Crippen LogP contribution < -0.4 is 0 Å². The second kappa shape index (κ2) is 4.04. The number of hydrogen-bond donors (Lipinski definition) is 1. The number of fused-ring (bicyclic) bond motifs is 3. The van der Waals surface area contributed by atoms with Gasteiger partial charge in [-0.3, -0.25) is 0 Å². The second-order valence-corrected chi connectivity index (χ2v) is 4.84. The van der Waals surface area contributed by atoms with Gasteiger partial charge in [0.05, 0.1) is 5.52 Å². The van der Waals surface area contributed by atoms with E-state index < -0.39 is 0 Å². The highest BCUT2D eigenvalue weighted by molar-refractivity contribution is 5.91. The lowest BCUT2D eigenvalue weighted by Gasteiger charge is -2.22. The molecule has 1 aliphatic heterocycles. The minimum absolute atomic E-state index is 1.06. The van der Waals surface area contributed by atoms with Crippen LogP contribution in [-0.2, 0) is 13.0 Å². The van der Waals surface area contributed by atoms with Gasteiger partial charge in [0.15, 0.2) is 0 Å². The fourth-order valence-electron chi connectivity index (χ4n) is 2.71. The molecule has 1 aromatic carbocycles. The number of rotatable bonds is 1. The van der Waals surface area contributed by atoms with Gasteiger partial charge in [-0.15, -0.1) is 0 Å². The van der Waals surface area contributed by atoms with Crippen LogP contribution in [0.4, 0.5) is 0 Å². The summed E-state index contributed by atoms with van der Waals surface area (Å²) in [7, 11) is 2.19. The maximum atomic E-state index is 3.61. The van der Waals surface area contributed by atoms with Gasteiger partial charge in [0.2, 0.25) is 0 Å². The van der Waals surface area contributed by atoms with Gasteiger partial charge in [-0.25, -0.2) is 0 Å². The summed E-state index contributed by atoms with van der Waals surface area (Å²) >= 11 is 0. The third-order valence-electron chi connectivity index (χ3n) is 3.58. The van der Waals surface area contributed by atoms with Crippen molar-refractivity contribution in [1.82, 2.24) is 9.88 Å². The summed E-state index contributed by atoms with van der Waals surface area (Å²) in [6.45, 7) is 4.28. The first-order valence-corrected chi connectivity index (χ1v) is 6.23. The molecule has 1 N–H and O–H groups in total. The number of H-pyrrole nitrogens is 1. The van der Waals surface area contributed by atoms with Gasteiger partial charge < -0.3 is 9.88 Å². The zero-order chi connectivity index (χ0) is 11.8. The molecule has 88 valence electrons. The summed E-state index contributed by atoms with van der Waals surface area (Å²) < 4.78 is 0. The molecular formula is C15H18N2. The molecule has 1 aliphatic rings. The standard InChI is InChI=1S/C15H18N2/c1-3-5-11-6-4-7-12-13-10-17(2)9-8-14(13)16-15(11)12/h3-7,16H,8-10H2,1-2H3/b5-3+.